The van der Waals surface area contributed by atoms with Gasteiger partial charge in [-0.25, -0.2) is 4.79 Å². The molecular formula is C81H96O7. The van der Waals surface area contributed by atoms with E-state index >= 15 is 0 Å². The van der Waals surface area contributed by atoms with Crippen molar-refractivity contribution < 1.29 is 34.4 Å². The van der Waals surface area contributed by atoms with Gasteiger partial charge in [0.2, 0.25) is 0 Å². The number of carbonyl (C=O) groups is 2. The lowest BCUT2D eigenvalue weighted by molar-refractivity contribution is -0.340. The van der Waals surface area contributed by atoms with Crippen LogP contribution in [0, 0.1) is 85.8 Å². The fourth-order valence-corrected chi connectivity index (χ4v) is 26.8. The van der Waals surface area contributed by atoms with Crippen LogP contribution in [0.5, 0.6) is 0 Å². The Hall–Kier alpha value is -5.00. The number of carbonyl (C=O) groups excluding carboxylic acids is 2. The molecule has 0 radical (unpaired) electrons. The third kappa shape index (κ3) is 7.61. The van der Waals surface area contributed by atoms with Gasteiger partial charge in [0.15, 0.2) is 0 Å². The number of hydrogen-bond acceptors (Lipinski definition) is 7. The third-order valence-electron chi connectivity index (χ3n) is 29.7. The SMILES string of the molecule is CC(CCCc1ccccc1)CCC(O)C12C(O)CCC(C)(C3CC4c5cccc6ccc7c(c56)C5C(CC6(c8ccccc8)CCCCC76)C67CCC8(CCCC8CC8=CC3CC45C86)C7)C1C1CC(C)(C#CCCC(=O)O1)C2(O)CCC1=CC(=O)OC1. The molecule has 21 unspecified atom stereocenters. The molecule has 4 aromatic rings. The summed E-state index contributed by atoms with van der Waals surface area (Å²) in [6, 6.07) is 35.4. The Morgan fingerprint density at radius 1 is 0.784 bits per heavy atom. The first-order valence-corrected chi connectivity index (χ1v) is 35.6. The second kappa shape index (κ2) is 20.2. The van der Waals surface area contributed by atoms with E-state index in [0.717, 1.165) is 44.1 Å². The van der Waals surface area contributed by atoms with Gasteiger partial charge in [-0.15, -0.1) is 5.92 Å². The maximum absolute atomic E-state index is 15.0. The molecule has 88 heavy (non-hydrogen) atoms. The number of aliphatic hydroxyl groups excluding tert-OH is 2. The summed E-state index contributed by atoms with van der Waals surface area (Å²) in [6.07, 6.45) is 26.1. The number of aryl methyl sites for hydroxylation is 1. The van der Waals surface area contributed by atoms with E-state index in [4.69, 9.17) is 9.47 Å². The van der Waals surface area contributed by atoms with E-state index in [0.29, 0.717) is 73.5 Å². The lowest BCUT2D eigenvalue weighted by Gasteiger charge is -2.73. The summed E-state index contributed by atoms with van der Waals surface area (Å²) >= 11 is 0. The molecule has 17 rings (SSSR count). The standard InChI is InChI=1S/C81H96O7/c1-50(17-14-20-51-18-6-4-7-19-51)28-31-65(82)81-66(83)33-37-75(3,73(81)64-47-74(2,34-12-11-27-67(84)88-64)80(81,86)38-32-52-41-68(85)87-48-52)61-44-62-58-25-15-21-53-29-30-59-60-26-10-13-36-77(60,56-22-8-5-9-23-56)46-63-71(70(59)69(53)58)79(62)45-55(61)42-54-43-57-24-16-35-76(57)39-40-78(63,49-76)72(54)79/h4-9,15,18-19,21-23,25,29-30,41-42,50,55,57,60-66,71-73,82-83,86H,10-11,13-14,16-17,20,24,26-28,31-33,35-40,43-49H2,1-3H3. The molecule has 8 fully saturated rings. The Kier molecular flexibility index (Phi) is 13.1. The van der Waals surface area contributed by atoms with Crippen molar-refractivity contribution in [3.05, 3.63) is 142 Å². The van der Waals surface area contributed by atoms with E-state index in [1.54, 1.807) is 39.3 Å². The van der Waals surface area contributed by atoms with Crippen molar-refractivity contribution in [2.75, 3.05) is 6.61 Å². The Bertz CT molecular complexity index is 3610. The van der Waals surface area contributed by atoms with E-state index in [1.807, 2.05) is 6.92 Å². The summed E-state index contributed by atoms with van der Waals surface area (Å²) in [5, 5.41) is 46.0. The molecule has 0 amide bonds. The molecule has 0 saturated heterocycles. The summed E-state index contributed by atoms with van der Waals surface area (Å²) in [4.78, 5) is 27.4. The third-order valence-corrected chi connectivity index (χ3v) is 29.7. The lowest BCUT2D eigenvalue weighted by atomic mass is 9.33. The number of fused-ring (bicyclic) bond motifs is 8. The fraction of sp³-hybridized carbons (Fsp3) is 0.630. The molecule has 7 nitrogen and oxygen atoms in total. The van der Waals surface area contributed by atoms with Gasteiger partial charge in [-0.1, -0.05) is 148 Å². The van der Waals surface area contributed by atoms with Crippen molar-refractivity contribution in [2.24, 2.45) is 73.9 Å². The number of ether oxygens (including phenoxy) is 2. The molecule has 2 aliphatic heterocycles. The minimum atomic E-state index is -1.76. The average Bonchev–Trinajstić information content (AvgIpc) is 1.35. The number of benzene rings is 4. The number of allylic oxidation sites excluding steroid dienone is 2. The molecule has 21 atom stereocenters. The predicted octanol–water partition coefficient (Wildman–Crippen LogP) is 16.3. The Morgan fingerprint density at radius 2 is 1.62 bits per heavy atom. The highest BCUT2D eigenvalue weighted by molar-refractivity contribution is 5.93. The van der Waals surface area contributed by atoms with Gasteiger partial charge in [-0.2, -0.15) is 0 Å². The molecule has 11 aliphatic carbocycles. The first kappa shape index (κ1) is 56.9. The molecule has 0 aromatic heterocycles. The van der Waals surface area contributed by atoms with Gasteiger partial charge in [0, 0.05) is 30.3 Å². The fourth-order valence-electron chi connectivity index (χ4n) is 26.8. The van der Waals surface area contributed by atoms with Crippen molar-refractivity contribution in [3.8, 4) is 11.8 Å². The van der Waals surface area contributed by atoms with Gasteiger partial charge >= 0.3 is 11.9 Å². The van der Waals surface area contributed by atoms with Gasteiger partial charge < -0.3 is 24.8 Å². The van der Waals surface area contributed by atoms with E-state index in [2.05, 4.69) is 123 Å². The van der Waals surface area contributed by atoms with Gasteiger partial charge in [0.25, 0.3) is 0 Å². The van der Waals surface area contributed by atoms with E-state index in [9.17, 15) is 24.9 Å². The normalized spacial score (nSPS) is 44.2. The largest absolute Gasteiger partial charge is 0.462 e. The molecule has 4 aromatic carbocycles. The Balaban J connectivity index is 0.856. The summed E-state index contributed by atoms with van der Waals surface area (Å²) in [6.45, 7) is 7.02. The number of hydrogen-bond donors (Lipinski definition) is 3. The minimum Gasteiger partial charge on any atom is -0.462 e. The monoisotopic (exact) mass is 1180 g/mol. The number of aliphatic hydroxyl groups is 3. The molecule has 8 saturated carbocycles. The summed E-state index contributed by atoms with van der Waals surface area (Å²) in [5.74, 6) is 9.44. The lowest BCUT2D eigenvalue weighted by Crippen LogP contribution is -2.79. The smallest absolute Gasteiger partial charge is 0.331 e. The molecule has 3 spiro atoms. The maximum atomic E-state index is 15.0. The van der Waals surface area contributed by atoms with Crippen molar-refractivity contribution in [1.82, 2.24) is 0 Å². The summed E-state index contributed by atoms with van der Waals surface area (Å²) in [7, 11) is 0. The van der Waals surface area contributed by atoms with E-state index in [-0.39, 0.29) is 71.3 Å². The van der Waals surface area contributed by atoms with Crippen LogP contribution in [0.25, 0.3) is 10.8 Å². The van der Waals surface area contributed by atoms with Crippen LogP contribution in [-0.2, 0) is 30.9 Å². The number of rotatable bonds is 13. The molecule has 2 heterocycles. The highest BCUT2D eigenvalue weighted by Gasteiger charge is 2.82. The maximum Gasteiger partial charge on any atom is 0.331 e. The number of esters is 2. The second-order valence-corrected chi connectivity index (χ2v) is 32.9. The zero-order chi connectivity index (χ0) is 59.8. The predicted molar refractivity (Wildman–Crippen MR) is 344 cm³/mol. The molecule has 13 aliphatic rings. The van der Waals surface area contributed by atoms with Crippen molar-refractivity contribution in [1.29, 1.82) is 0 Å². The minimum absolute atomic E-state index is 0.0290. The number of cyclic esters (lactones) is 1. The van der Waals surface area contributed by atoms with Crippen LogP contribution in [0.3, 0.4) is 0 Å². The zero-order valence-corrected chi connectivity index (χ0v) is 52.9. The summed E-state index contributed by atoms with van der Waals surface area (Å²) < 4.78 is 12.6. The van der Waals surface area contributed by atoms with Crippen molar-refractivity contribution in [2.45, 2.75) is 235 Å². The Labute approximate surface area is 523 Å². The highest BCUT2D eigenvalue weighted by Crippen LogP contribution is 2.88. The highest BCUT2D eigenvalue weighted by atomic mass is 16.5. The second-order valence-electron chi connectivity index (χ2n) is 32.9. The van der Waals surface area contributed by atoms with Crippen LogP contribution in [0.15, 0.2) is 114 Å². The van der Waals surface area contributed by atoms with Crippen LogP contribution in [0.4, 0.5) is 0 Å². The first-order valence-electron chi connectivity index (χ1n) is 35.6. The zero-order valence-electron chi connectivity index (χ0n) is 52.9. The van der Waals surface area contributed by atoms with Crippen LogP contribution in [-0.4, -0.2) is 57.8 Å². The first-order chi connectivity index (χ1) is 42.6. The van der Waals surface area contributed by atoms with Gasteiger partial charge in [-0.05, 0) is 248 Å². The van der Waals surface area contributed by atoms with Crippen LogP contribution >= 0.6 is 0 Å². The molecule has 6 bridgehead atoms. The Morgan fingerprint density at radius 3 is 2.45 bits per heavy atom. The van der Waals surface area contributed by atoms with Gasteiger partial charge in [0.05, 0.1) is 35.1 Å². The molecule has 462 valence electrons. The average molecular weight is 1180 g/mol. The van der Waals surface area contributed by atoms with E-state index < -0.39 is 46.1 Å². The van der Waals surface area contributed by atoms with Crippen LogP contribution in [0.1, 0.15) is 227 Å². The van der Waals surface area contributed by atoms with Crippen molar-refractivity contribution >= 4 is 22.7 Å². The topological polar surface area (TPSA) is 113 Å². The molecule has 3 N–H and O–H groups in total. The quantitative estimate of drug-likeness (QED) is 0.0694. The van der Waals surface area contributed by atoms with Gasteiger partial charge in [-0.3, -0.25) is 4.79 Å². The van der Waals surface area contributed by atoms with Gasteiger partial charge in [0.1, 0.15) is 12.7 Å². The van der Waals surface area contributed by atoms with Crippen LogP contribution in [0.2, 0.25) is 0 Å². The molecule has 7 heteroatoms. The van der Waals surface area contributed by atoms with Crippen molar-refractivity contribution in [3.63, 3.8) is 0 Å². The van der Waals surface area contributed by atoms with Crippen LogP contribution < -0.4 is 0 Å². The summed E-state index contributed by atoms with van der Waals surface area (Å²) in [5.41, 5.74) is 6.21. The van der Waals surface area contributed by atoms with E-state index in [1.165, 1.54) is 88.0 Å². The molecular weight excluding hydrogens is 1080 g/mol.